The lowest BCUT2D eigenvalue weighted by atomic mass is 10.2. The van der Waals surface area contributed by atoms with Gasteiger partial charge in [-0.3, -0.25) is 9.59 Å². The van der Waals surface area contributed by atoms with E-state index >= 15 is 0 Å². The number of hydrogen-bond acceptors (Lipinski definition) is 3. The van der Waals surface area contributed by atoms with Crippen molar-refractivity contribution in [1.82, 2.24) is 10.6 Å². The van der Waals surface area contributed by atoms with Crippen LogP contribution in [0.1, 0.15) is 19.3 Å². The molecule has 2 heterocycles. The highest BCUT2D eigenvalue weighted by Gasteiger charge is 2.30. The Morgan fingerprint density at radius 3 is 2.93 bits per heavy atom. The van der Waals surface area contributed by atoms with Crippen LogP contribution in [0.15, 0.2) is 0 Å². The molecular weight excluding hydrogens is 200 g/mol. The highest BCUT2D eigenvalue weighted by atomic mass is 32.2. The number of carbonyl (C=O) groups is 2. The summed E-state index contributed by atoms with van der Waals surface area (Å²) in [5, 5.41) is 5.58. The van der Waals surface area contributed by atoms with Crippen LogP contribution < -0.4 is 10.6 Å². The third-order valence-corrected chi connectivity index (χ3v) is 3.96. The van der Waals surface area contributed by atoms with Gasteiger partial charge in [-0.1, -0.05) is 0 Å². The van der Waals surface area contributed by atoms with E-state index < -0.39 is 0 Å². The molecule has 4 nitrogen and oxygen atoms in total. The molecule has 0 aromatic carbocycles. The van der Waals surface area contributed by atoms with Crippen LogP contribution in [-0.4, -0.2) is 35.4 Å². The molecule has 2 saturated heterocycles. The number of nitrogens with one attached hydrogen (secondary N) is 2. The van der Waals surface area contributed by atoms with Crippen molar-refractivity contribution in [2.24, 2.45) is 0 Å². The smallest absolute Gasteiger partial charge is 0.242 e. The summed E-state index contributed by atoms with van der Waals surface area (Å²) in [6, 6.07) is -0.288. The van der Waals surface area contributed by atoms with Gasteiger partial charge in [0.2, 0.25) is 11.8 Å². The predicted octanol–water partition coefficient (Wildman–Crippen LogP) is -0.113. The number of amides is 2. The van der Waals surface area contributed by atoms with Crippen LogP contribution in [0.5, 0.6) is 0 Å². The second kappa shape index (κ2) is 4.21. The molecule has 0 bridgehead atoms. The summed E-state index contributed by atoms with van der Waals surface area (Å²) in [6.45, 7) is 0.682. The van der Waals surface area contributed by atoms with Crippen LogP contribution in [0.25, 0.3) is 0 Å². The summed E-state index contributed by atoms with van der Waals surface area (Å²) in [7, 11) is 0. The maximum absolute atomic E-state index is 11.6. The average molecular weight is 214 g/mol. The zero-order valence-corrected chi connectivity index (χ0v) is 8.73. The molecular formula is C9H14N2O2S. The molecule has 2 unspecified atom stereocenters. The molecule has 78 valence electrons. The van der Waals surface area contributed by atoms with E-state index in [9.17, 15) is 9.59 Å². The second-order valence-corrected chi connectivity index (χ2v) is 4.95. The van der Waals surface area contributed by atoms with Crippen molar-refractivity contribution >= 4 is 23.6 Å². The van der Waals surface area contributed by atoms with Gasteiger partial charge in [0.05, 0.1) is 5.25 Å². The van der Waals surface area contributed by atoms with Crippen molar-refractivity contribution in [2.45, 2.75) is 30.6 Å². The molecule has 14 heavy (non-hydrogen) atoms. The Hall–Kier alpha value is -0.710. The van der Waals surface area contributed by atoms with E-state index in [0.29, 0.717) is 6.54 Å². The second-order valence-electron chi connectivity index (χ2n) is 3.64. The highest BCUT2D eigenvalue weighted by molar-refractivity contribution is 8.00. The van der Waals surface area contributed by atoms with Crippen LogP contribution >= 0.6 is 11.8 Å². The van der Waals surface area contributed by atoms with Gasteiger partial charge in [0.15, 0.2) is 0 Å². The van der Waals surface area contributed by atoms with Crippen molar-refractivity contribution in [3.8, 4) is 0 Å². The van der Waals surface area contributed by atoms with Crippen LogP contribution in [-0.2, 0) is 9.59 Å². The monoisotopic (exact) mass is 214 g/mol. The fourth-order valence-corrected chi connectivity index (χ4v) is 2.95. The summed E-state index contributed by atoms with van der Waals surface area (Å²) in [4.78, 5) is 22.8. The van der Waals surface area contributed by atoms with Gasteiger partial charge in [-0.25, -0.2) is 0 Å². The summed E-state index contributed by atoms with van der Waals surface area (Å²) >= 11 is 1.69. The van der Waals surface area contributed by atoms with Gasteiger partial charge < -0.3 is 10.6 Å². The van der Waals surface area contributed by atoms with E-state index in [1.807, 2.05) is 0 Å². The lowest BCUT2D eigenvalue weighted by Crippen LogP contribution is -2.43. The number of carbonyl (C=O) groups excluding carboxylic acids is 2. The Balaban J connectivity index is 1.84. The number of hydrogen-bond donors (Lipinski definition) is 2. The van der Waals surface area contributed by atoms with Crippen LogP contribution in [0.4, 0.5) is 0 Å². The van der Waals surface area contributed by atoms with Gasteiger partial charge in [0.25, 0.3) is 0 Å². The minimum absolute atomic E-state index is 0.0366. The van der Waals surface area contributed by atoms with Gasteiger partial charge in [-0.05, 0) is 25.0 Å². The largest absolute Gasteiger partial charge is 0.354 e. The minimum atomic E-state index is -0.288. The third kappa shape index (κ3) is 2.03. The van der Waals surface area contributed by atoms with Gasteiger partial charge >= 0.3 is 0 Å². The van der Waals surface area contributed by atoms with Gasteiger partial charge in [-0.15, -0.1) is 11.8 Å². The van der Waals surface area contributed by atoms with E-state index in [2.05, 4.69) is 10.6 Å². The lowest BCUT2D eigenvalue weighted by molar-refractivity contribution is -0.127. The lowest BCUT2D eigenvalue weighted by Gasteiger charge is -2.13. The molecule has 2 aliphatic heterocycles. The molecule has 0 spiro atoms. The predicted molar refractivity (Wildman–Crippen MR) is 55.0 cm³/mol. The first kappa shape index (κ1) is 9.83. The van der Waals surface area contributed by atoms with E-state index in [4.69, 9.17) is 0 Å². The molecule has 2 rings (SSSR count). The van der Waals surface area contributed by atoms with E-state index in [0.717, 1.165) is 25.0 Å². The van der Waals surface area contributed by atoms with Crippen LogP contribution in [0, 0.1) is 0 Å². The fourth-order valence-electron chi connectivity index (χ4n) is 1.78. The Kier molecular flexibility index (Phi) is 2.96. The standard InChI is InChI=1S/C9H14N2O2S/c12-8-6(3-4-10-8)11-9(13)7-2-1-5-14-7/h6-7H,1-5H2,(H,10,12)(H,11,13). The SMILES string of the molecule is O=C1NCCC1NC(=O)C1CCCS1. The molecule has 2 aliphatic rings. The summed E-state index contributed by atoms with van der Waals surface area (Å²) in [5.74, 6) is 1.06. The Bertz CT molecular complexity index is 251. The van der Waals surface area contributed by atoms with E-state index in [1.54, 1.807) is 11.8 Å². The maximum atomic E-state index is 11.6. The molecule has 0 aromatic rings. The third-order valence-electron chi connectivity index (χ3n) is 2.59. The molecule has 5 heteroatoms. The molecule has 2 N–H and O–H groups in total. The van der Waals surface area contributed by atoms with Gasteiger partial charge in [0.1, 0.15) is 6.04 Å². The average Bonchev–Trinajstić information content (AvgIpc) is 2.77. The Morgan fingerprint density at radius 1 is 1.50 bits per heavy atom. The first-order valence-electron chi connectivity index (χ1n) is 4.97. The molecule has 2 atom stereocenters. The van der Waals surface area contributed by atoms with E-state index in [-0.39, 0.29) is 23.1 Å². The normalized spacial score (nSPS) is 31.6. The topological polar surface area (TPSA) is 58.2 Å². The summed E-state index contributed by atoms with van der Waals surface area (Å²) in [6.07, 6.45) is 2.78. The first-order valence-corrected chi connectivity index (χ1v) is 6.02. The maximum Gasteiger partial charge on any atom is 0.242 e. The van der Waals surface area contributed by atoms with Gasteiger partial charge in [0, 0.05) is 6.54 Å². The van der Waals surface area contributed by atoms with E-state index in [1.165, 1.54) is 0 Å². The first-order chi connectivity index (χ1) is 6.77. The zero-order valence-electron chi connectivity index (χ0n) is 7.91. The Morgan fingerprint density at radius 2 is 2.36 bits per heavy atom. The number of rotatable bonds is 2. The Labute approximate surface area is 87.2 Å². The molecule has 2 amide bonds. The minimum Gasteiger partial charge on any atom is -0.354 e. The van der Waals surface area contributed by atoms with Gasteiger partial charge in [-0.2, -0.15) is 0 Å². The molecule has 0 saturated carbocycles. The molecule has 0 aliphatic carbocycles. The molecule has 0 radical (unpaired) electrons. The number of thioether (sulfide) groups is 1. The highest BCUT2D eigenvalue weighted by Crippen LogP contribution is 2.26. The van der Waals surface area contributed by atoms with Crippen molar-refractivity contribution in [3.05, 3.63) is 0 Å². The summed E-state index contributed by atoms with van der Waals surface area (Å²) < 4.78 is 0. The molecule has 2 fully saturated rings. The summed E-state index contributed by atoms with van der Waals surface area (Å²) in [5.41, 5.74) is 0. The van der Waals surface area contributed by atoms with Crippen molar-refractivity contribution < 1.29 is 9.59 Å². The van der Waals surface area contributed by atoms with Crippen LogP contribution in [0.3, 0.4) is 0 Å². The van der Waals surface area contributed by atoms with Crippen molar-refractivity contribution in [1.29, 1.82) is 0 Å². The quantitative estimate of drug-likeness (QED) is 0.674. The van der Waals surface area contributed by atoms with Crippen molar-refractivity contribution in [3.63, 3.8) is 0 Å². The van der Waals surface area contributed by atoms with Crippen LogP contribution in [0.2, 0.25) is 0 Å². The zero-order chi connectivity index (χ0) is 9.97. The van der Waals surface area contributed by atoms with Crippen molar-refractivity contribution in [2.75, 3.05) is 12.3 Å². The molecule has 0 aromatic heterocycles. The fraction of sp³-hybridized carbons (Fsp3) is 0.778.